The molecule has 0 saturated carbocycles. The topological polar surface area (TPSA) is 96.2 Å². The molecule has 7 nitrogen and oxygen atoms in total. The minimum atomic E-state index is -0.157. The average molecular weight is 423 g/mol. The number of amides is 1. The molecule has 154 valence electrons. The normalized spacial score (nSPS) is 12.7. The number of fused-ring (bicyclic) bond motifs is 1. The van der Waals surface area contributed by atoms with Gasteiger partial charge in [-0.1, -0.05) is 11.6 Å². The summed E-state index contributed by atoms with van der Waals surface area (Å²) in [4.78, 5) is 21.4. The molecular formula is C22H23ClN6O. The quantitative estimate of drug-likeness (QED) is 0.584. The maximum absolute atomic E-state index is 12.7. The summed E-state index contributed by atoms with van der Waals surface area (Å²) in [5.41, 5.74) is 15.5. The van der Waals surface area contributed by atoms with Crippen molar-refractivity contribution in [3.05, 3.63) is 81.3 Å². The zero-order valence-electron chi connectivity index (χ0n) is 16.9. The lowest BCUT2D eigenvalue weighted by Crippen LogP contribution is -2.31. The number of rotatable bonds is 5. The van der Waals surface area contributed by atoms with Crippen LogP contribution in [0.25, 0.3) is 0 Å². The highest BCUT2D eigenvalue weighted by molar-refractivity contribution is 6.30. The molecule has 8 heteroatoms. The van der Waals surface area contributed by atoms with E-state index in [1.54, 1.807) is 12.3 Å². The number of halogens is 1. The first-order valence-electron chi connectivity index (χ1n) is 9.66. The number of nitrogens with two attached hydrogens (primary N) is 1. The molecule has 3 aromatic rings. The summed E-state index contributed by atoms with van der Waals surface area (Å²) in [6, 6.07) is 11.1. The van der Waals surface area contributed by atoms with Crippen molar-refractivity contribution in [1.82, 2.24) is 20.7 Å². The standard InChI is InChI=1S/C22H23ClN6O/c1-13-7-21(24)28-14(2)19(13)11-26-22(30)15-5-6-25-18(9-15)12-29-20-4-3-17(23)8-16(20)10-27-29/h3-9,27H,10-12H2,1-2H3,(H2,24,28)(H,26,30). The van der Waals surface area contributed by atoms with Gasteiger partial charge in [-0.15, -0.1) is 0 Å². The molecule has 1 amide bonds. The first-order valence-corrected chi connectivity index (χ1v) is 10.0. The van der Waals surface area contributed by atoms with E-state index in [9.17, 15) is 4.79 Å². The fraction of sp³-hybridized carbons (Fsp3) is 0.227. The van der Waals surface area contributed by atoms with Crippen LogP contribution in [0.2, 0.25) is 5.02 Å². The van der Waals surface area contributed by atoms with Crippen LogP contribution in [0.4, 0.5) is 11.5 Å². The Morgan fingerprint density at radius 1 is 1.27 bits per heavy atom. The molecule has 0 spiro atoms. The van der Waals surface area contributed by atoms with E-state index in [1.807, 2.05) is 49.2 Å². The highest BCUT2D eigenvalue weighted by Gasteiger charge is 2.20. The monoisotopic (exact) mass is 422 g/mol. The van der Waals surface area contributed by atoms with Crippen molar-refractivity contribution >= 4 is 29.0 Å². The van der Waals surface area contributed by atoms with Gasteiger partial charge in [-0.3, -0.25) is 9.78 Å². The van der Waals surface area contributed by atoms with Gasteiger partial charge in [-0.2, -0.15) is 0 Å². The van der Waals surface area contributed by atoms with E-state index in [4.69, 9.17) is 17.3 Å². The molecule has 4 rings (SSSR count). The zero-order valence-corrected chi connectivity index (χ0v) is 17.6. The Kier molecular flexibility index (Phi) is 5.57. The SMILES string of the molecule is Cc1cc(N)nc(C)c1CNC(=O)c1ccnc(CN2NCc3cc(Cl)ccc32)c1. The third-order valence-corrected chi connectivity index (χ3v) is 5.43. The Morgan fingerprint density at radius 2 is 2.10 bits per heavy atom. The fourth-order valence-corrected chi connectivity index (χ4v) is 3.85. The summed E-state index contributed by atoms with van der Waals surface area (Å²) in [7, 11) is 0. The number of aromatic nitrogens is 2. The van der Waals surface area contributed by atoms with Crippen LogP contribution in [0.3, 0.4) is 0 Å². The molecule has 0 bridgehead atoms. The van der Waals surface area contributed by atoms with Crippen molar-refractivity contribution in [2.45, 2.75) is 33.5 Å². The maximum atomic E-state index is 12.7. The van der Waals surface area contributed by atoms with Crippen molar-refractivity contribution < 1.29 is 4.79 Å². The van der Waals surface area contributed by atoms with Gasteiger partial charge in [0.05, 0.1) is 17.9 Å². The number of nitrogens with one attached hydrogen (secondary N) is 2. The number of nitrogens with zero attached hydrogens (tertiary/aromatic N) is 3. The van der Waals surface area contributed by atoms with Gasteiger partial charge in [-0.25, -0.2) is 10.4 Å². The summed E-state index contributed by atoms with van der Waals surface area (Å²) >= 11 is 6.07. The number of hydrazine groups is 1. The Morgan fingerprint density at radius 3 is 2.90 bits per heavy atom. The van der Waals surface area contributed by atoms with Gasteiger partial charge in [-0.05, 0) is 66.9 Å². The summed E-state index contributed by atoms with van der Waals surface area (Å²) in [5.74, 6) is 0.328. The lowest BCUT2D eigenvalue weighted by atomic mass is 10.1. The summed E-state index contributed by atoms with van der Waals surface area (Å²) < 4.78 is 0. The van der Waals surface area contributed by atoms with E-state index in [0.29, 0.717) is 31.0 Å². The van der Waals surface area contributed by atoms with Crippen molar-refractivity contribution in [1.29, 1.82) is 0 Å². The van der Waals surface area contributed by atoms with E-state index in [0.717, 1.165) is 38.8 Å². The molecule has 0 aliphatic carbocycles. The fourth-order valence-electron chi connectivity index (χ4n) is 3.66. The molecule has 0 radical (unpaired) electrons. The highest BCUT2D eigenvalue weighted by atomic mass is 35.5. The molecule has 0 unspecified atom stereocenters. The Labute approximate surface area is 180 Å². The van der Waals surface area contributed by atoms with Crippen LogP contribution < -0.4 is 21.5 Å². The minimum Gasteiger partial charge on any atom is -0.384 e. The van der Waals surface area contributed by atoms with Gasteiger partial charge < -0.3 is 16.1 Å². The average Bonchev–Trinajstić information content (AvgIpc) is 3.09. The molecule has 0 fully saturated rings. The van der Waals surface area contributed by atoms with Crippen LogP contribution >= 0.6 is 11.6 Å². The maximum Gasteiger partial charge on any atom is 0.251 e. The third kappa shape index (κ3) is 4.22. The Balaban J connectivity index is 1.44. The molecule has 1 aliphatic heterocycles. The number of carbonyl (C=O) groups excluding carboxylic acids is 1. The van der Waals surface area contributed by atoms with Gasteiger partial charge in [0, 0.05) is 35.6 Å². The van der Waals surface area contributed by atoms with Gasteiger partial charge in [0.15, 0.2) is 0 Å². The number of nitrogen functional groups attached to an aromatic ring is 1. The van der Waals surface area contributed by atoms with Gasteiger partial charge in [0.1, 0.15) is 5.82 Å². The van der Waals surface area contributed by atoms with Crippen LogP contribution in [-0.4, -0.2) is 15.9 Å². The molecule has 1 aliphatic rings. The zero-order chi connectivity index (χ0) is 21.3. The molecular weight excluding hydrogens is 400 g/mol. The van der Waals surface area contributed by atoms with E-state index in [-0.39, 0.29) is 5.91 Å². The number of anilines is 2. The second-order valence-corrected chi connectivity index (χ2v) is 7.78. The first-order chi connectivity index (χ1) is 14.4. The van der Waals surface area contributed by atoms with Crippen molar-refractivity contribution in [3.63, 3.8) is 0 Å². The second kappa shape index (κ2) is 8.30. The van der Waals surface area contributed by atoms with Crippen molar-refractivity contribution in [3.8, 4) is 0 Å². The van der Waals surface area contributed by atoms with E-state index in [1.165, 1.54) is 0 Å². The smallest absolute Gasteiger partial charge is 0.251 e. The largest absolute Gasteiger partial charge is 0.384 e. The molecule has 0 atom stereocenters. The number of benzene rings is 1. The molecule has 3 heterocycles. The minimum absolute atomic E-state index is 0.157. The summed E-state index contributed by atoms with van der Waals surface area (Å²) in [5, 5.41) is 5.70. The number of hydrogen-bond donors (Lipinski definition) is 3. The van der Waals surface area contributed by atoms with Crippen LogP contribution in [0.5, 0.6) is 0 Å². The van der Waals surface area contributed by atoms with Crippen molar-refractivity contribution in [2.75, 3.05) is 10.7 Å². The highest BCUT2D eigenvalue weighted by Crippen LogP contribution is 2.28. The first kappa shape index (κ1) is 20.1. The van der Waals surface area contributed by atoms with E-state index in [2.05, 4.69) is 20.7 Å². The molecule has 1 aromatic carbocycles. The number of aryl methyl sites for hydroxylation is 2. The molecule has 4 N–H and O–H groups in total. The Hall–Kier alpha value is -3.16. The lowest BCUT2D eigenvalue weighted by molar-refractivity contribution is 0.0950. The lowest BCUT2D eigenvalue weighted by Gasteiger charge is -2.19. The van der Waals surface area contributed by atoms with Crippen LogP contribution in [-0.2, 0) is 19.6 Å². The van der Waals surface area contributed by atoms with Gasteiger partial charge >= 0.3 is 0 Å². The number of hydrogen-bond acceptors (Lipinski definition) is 6. The van der Waals surface area contributed by atoms with Crippen molar-refractivity contribution in [2.24, 2.45) is 0 Å². The van der Waals surface area contributed by atoms with E-state index >= 15 is 0 Å². The van der Waals surface area contributed by atoms with Gasteiger partial charge in [0.25, 0.3) is 5.91 Å². The van der Waals surface area contributed by atoms with Crippen LogP contribution in [0, 0.1) is 13.8 Å². The summed E-state index contributed by atoms with van der Waals surface area (Å²) in [6.07, 6.45) is 1.66. The second-order valence-electron chi connectivity index (χ2n) is 7.34. The molecule has 0 saturated heterocycles. The van der Waals surface area contributed by atoms with Crippen LogP contribution in [0.1, 0.15) is 38.4 Å². The summed E-state index contributed by atoms with van der Waals surface area (Å²) in [6.45, 7) is 5.50. The predicted molar refractivity (Wildman–Crippen MR) is 118 cm³/mol. The Bertz CT molecular complexity index is 1090. The van der Waals surface area contributed by atoms with Crippen LogP contribution in [0.15, 0.2) is 42.6 Å². The third-order valence-electron chi connectivity index (χ3n) is 5.19. The number of carbonyl (C=O) groups is 1. The number of pyridine rings is 2. The van der Waals surface area contributed by atoms with E-state index < -0.39 is 0 Å². The molecule has 2 aromatic heterocycles. The predicted octanol–water partition coefficient (Wildman–Crippen LogP) is 3.28. The van der Waals surface area contributed by atoms with Gasteiger partial charge in [0.2, 0.25) is 0 Å². The molecule has 30 heavy (non-hydrogen) atoms.